The lowest BCUT2D eigenvalue weighted by Crippen LogP contribution is -2.05. The topological polar surface area (TPSA) is 51.5 Å². The van der Waals surface area contributed by atoms with Gasteiger partial charge in [0.05, 0.1) is 10.2 Å². The van der Waals surface area contributed by atoms with Crippen molar-refractivity contribution in [2.75, 3.05) is 0 Å². The molecular formula is C17H14N2O2S. The molecule has 0 aliphatic heterocycles. The lowest BCUT2D eigenvalue weighted by molar-refractivity contribution is -0.134. The van der Waals surface area contributed by atoms with Crippen LogP contribution in [0.15, 0.2) is 53.5 Å². The lowest BCUT2D eigenvalue weighted by atomic mass is 10.2. The number of hydrogen-bond acceptors (Lipinski definition) is 5. The van der Waals surface area contributed by atoms with E-state index in [4.69, 9.17) is 4.74 Å². The van der Waals surface area contributed by atoms with E-state index in [0.29, 0.717) is 12.2 Å². The smallest absolute Gasteiger partial charge is 0.310 e. The molecule has 0 radical (unpaired) electrons. The van der Waals surface area contributed by atoms with Crippen LogP contribution in [0, 0.1) is 0 Å². The summed E-state index contributed by atoms with van der Waals surface area (Å²) in [6.07, 6.45) is 2.12. The number of benzene rings is 2. The van der Waals surface area contributed by atoms with Gasteiger partial charge in [0, 0.05) is 12.6 Å². The normalized spacial score (nSPS) is 11.1. The maximum atomic E-state index is 11.2. The molecular weight excluding hydrogens is 296 g/mol. The van der Waals surface area contributed by atoms with Gasteiger partial charge >= 0.3 is 5.97 Å². The third-order valence-electron chi connectivity index (χ3n) is 3.01. The molecule has 3 rings (SSSR count). The van der Waals surface area contributed by atoms with Crippen molar-refractivity contribution in [3.05, 3.63) is 54.1 Å². The van der Waals surface area contributed by atoms with E-state index < -0.39 is 0 Å². The molecule has 5 heteroatoms. The summed E-state index contributed by atoms with van der Waals surface area (Å²) >= 11 is 1.55. The van der Waals surface area contributed by atoms with E-state index in [-0.39, 0.29) is 5.97 Å². The van der Waals surface area contributed by atoms with Crippen LogP contribution < -0.4 is 4.74 Å². The van der Waals surface area contributed by atoms with E-state index in [0.717, 1.165) is 20.9 Å². The van der Waals surface area contributed by atoms with Gasteiger partial charge in [0.1, 0.15) is 5.75 Å². The Morgan fingerprint density at radius 1 is 1.23 bits per heavy atom. The minimum absolute atomic E-state index is 0.240. The average Bonchev–Trinajstić information content (AvgIpc) is 2.97. The highest BCUT2D eigenvalue weighted by Gasteiger charge is 2.02. The quantitative estimate of drug-likeness (QED) is 0.408. The first-order chi connectivity index (χ1) is 10.7. The highest BCUT2D eigenvalue weighted by Crippen LogP contribution is 2.27. The van der Waals surface area contributed by atoms with Gasteiger partial charge in [-0.05, 0) is 42.0 Å². The molecule has 22 heavy (non-hydrogen) atoms. The molecule has 0 aliphatic rings. The number of fused-ring (bicyclic) bond motifs is 1. The third kappa shape index (κ3) is 3.38. The van der Waals surface area contributed by atoms with Gasteiger partial charge in [-0.25, -0.2) is 9.98 Å². The standard InChI is InChI=1S/C17H14N2O2S/c1-2-16(20)21-13-9-7-12(8-10-13)11-18-17-19-14-5-3-4-6-15(14)22-17/h3-11H,2H2,1H3/b18-11+. The Balaban J connectivity index is 1.73. The summed E-state index contributed by atoms with van der Waals surface area (Å²) in [5.74, 6) is 0.305. The molecule has 0 fully saturated rings. The number of aromatic nitrogens is 1. The number of thiazole rings is 1. The Labute approximate surface area is 132 Å². The van der Waals surface area contributed by atoms with E-state index in [2.05, 4.69) is 9.98 Å². The van der Waals surface area contributed by atoms with E-state index in [1.165, 1.54) is 0 Å². The van der Waals surface area contributed by atoms with Crippen molar-refractivity contribution in [2.45, 2.75) is 13.3 Å². The summed E-state index contributed by atoms with van der Waals surface area (Å²) in [5.41, 5.74) is 1.89. The molecule has 4 nitrogen and oxygen atoms in total. The second-order valence-electron chi connectivity index (χ2n) is 4.62. The Bertz CT molecular complexity index is 789. The number of rotatable bonds is 4. The van der Waals surface area contributed by atoms with E-state index in [9.17, 15) is 4.79 Å². The van der Waals surface area contributed by atoms with E-state index >= 15 is 0 Å². The van der Waals surface area contributed by atoms with Crippen LogP contribution in [-0.4, -0.2) is 17.2 Å². The van der Waals surface area contributed by atoms with Gasteiger partial charge in [-0.1, -0.05) is 30.4 Å². The third-order valence-corrected chi connectivity index (χ3v) is 3.95. The zero-order valence-corrected chi connectivity index (χ0v) is 12.8. The van der Waals surface area contributed by atoms with Crippen molar-refractivity contribution < 1.29 is 9.53 Å². The fourth-order valence-corrected chi connectivity index (χ4v) is 2.68. The van der Waals surface area contributed by atoms with Crippen molar-refractivity contribution >= 4 is 38.9 Å². The van der Waals surface area contributed by atoms with Crippen molar-refractivity contribution in [1.82, 2.24) is 4.98 Å². The van der Waals surface area contributed by atoms with Crippen LogP contribution in [0.3, 0.4) is 0 Å². The van der Waals surface area contributed by atoms with Gasteiger partial charge in [0.25, 0.3) is 0 Å². The summed E-state index contributed by atoms with van der Waals surface area (Å²) < 4.78 is 6.25. The Morgan fingerprint density at radius 3 is 2.73 bits per heavy atom. The number of hydrogen-bond donors (Lipinski definition) is 0. The average molecular weight is 310 g/mol. The molecule has 0 N–H and O–H groups in total. The van der Waals surface area contributed by atoms with Gasteiger partial charge in [-0.2, -0.15) is 0 Å². The highest BCUT2D eigenvalue weighted by molar-refractivity contribution is 7.22. The Morgan fingerprint density at radius 2 is 2.00 bits per heavy atom. The zero-order valence-electron chi connectivity index (χ0n) is 12.0. The number of esters is 1. The fraction of sp³-hybridized carbons (Fsp3) is 0.118. The van der Waals surface area contributed by atoms with Crippen LogP contribution >= 0.6 is 11.3 Å². The molecule has 0 saturated heterocycles. The fourth-order valence-electron chi connectivity index (χ4n) is 1.87. The van der Waals surface area contributed by atoms with Gasteiger partial charge in [-0.3, -0.25) is 4.79 Å². The predicted molar refractivity (Wildman–Crippen MR) is 89.2 cm³/mol. The second-order valence-corrected chi connectivity index (χ2v) is 5.63. The van der Waals surface area contributed by atoms with Crippen LogP contribution in [0.5, 0.6) is 5.75 Å². The van der Waals surface area contributed by atoms with Gasteiger partial charge in [0.15, 0.2) is 0 Å². The summed E-state index contributed by atoms with van der Waals surface area (Å²) in [6, 6.07) is 15.2. The predicted octanol–water partition coefficient (Wildman–Crippen LogP) is 4.36. The molecule has 0 saturated carbocycles. The summed E-state index contributed by atoms with van der Waals surface area (Å²) in [4.78, 5) is 20.0. The minimum atomic E-state index is -0.240. The van der Waals surface area contributed by atoms with Gasteiger partial charge in [0.2, 0.25) is 5.13 Å². The van der Waals surface area contributed by atoms with Crippen molar-refractivity contribution in [1.29, 1.82) is 0 Å². The molecule has 1 heterocycles. The molecule has 110 valence electrons. The molecule has 0 spiro atoms. The van der Waals surface area contributed by atoms with Crippen molar-refractivity contribution in [3.8, 4) is 5.75 Å². The monoisotopic (exact) mass is 310 g/mol. The molecule has 2 aromatic carbocycles. The van der Waals surface area contributed by atoms with Crippen molar-refractivity contribution in [2.24, 2.45) is 4.99 Å². The van der Waals surface area contributed by atoms with Crippen LogP contribution in [0.1, 0.15) is 18.9 Å². The van der Waals surface area contributed by atoms with Crippen LogP contribution in [0.4, 0.5) is 5.13 Å². The molecule has 0 aliphatic carbocycles. The lowest BCUT2D eigenvalue weighted by Gasteiger charge is -2.01. The SMILES string of the molecule is CCC(=O)Oc1ccc(/C=N/c2nc3ccccc3s2)cc1. The van der Waals surface area contributed by atoms with Crippen LogP contribution in [0.2, 0.25) is 0 Å². The van der Waals surface area contributed by atoms with Crippen LogP contribution in [-0.2, 0) is 4.79 Å². The Kier molecular flexibility index (Phi) is 4.25. The maximum Gasteiger partial charge on any atom is 0.310 e. The molecule has 3 aromatic rings. The molecule has 0 amide bonds. The van der Waals surface area contributed by atoms with Crippen LogP contribution in [0.25, 0.3) is 10.2 Å². The number of carbonyl (C=O) groups is 1. The second kappa shape index (κ2) is 6.49. The first kappa shape index (κ1) is 14.4. The number of ether oxygens (including phenoxy) is 1. The molecule has 1 aromatic heterocycles. The molecule has 0 unspecified atom stereocenters. The Hall–Kier alpha value is -2.53. The zero-order chi connectivity index (χ0) is 15.4. The van der Waals surface area contributed by atoms with E-state index in [1.807, 2.05) is 36.4 Å². The van der Waals surface area contributed by atoms with Crippen molar-refractivity contribution in [3.63, 3.8) is 0 Å². The van der Waals surface area contributed by atoms with E-state index in [1.54, 1.807) is 36.6 Å². The summed E-state index contributed by atoms with van der Waals surface area (Å²) in [7, 11) is 0. The molecule has 0 bridgehead atoms. The minimum Gasteiger partial charge on any atom is -0.427 e. The van der Waals surface area contributed by atoms with Gasteiger partial charge in [-0.15, -0.1) is 0 Å². The molecule has 0 atom stereocenters. The highest BCUT2D eigenvalue weighted by atomic mass is 32.1. The first-order valence-electron chi connectivity index (χ1n) is 6.95. The van der Waals surface area contributed by atoms with Gasteiger partial charge < -0.3 is 4.74 Å². The number of carbonyl (C=O) groups excluding carboxylic acids is 1. The first-order valence-corrected chi connectivity index (χ1v) is 7.76. The largest absolute Gasteiger partial charge is 0.427 e. The number of para-hydroxylation sites is 1. The maximum absolute atomic E-state index is 11.2. The number of aliphatic imine (C=N–C) groups is 1. The number of nitrogens with zero attached hydrogens (tertiary/aromatic N) is 2. The summed E-state index contributed by atoms with van der Waals surface area (Å²) in [5, 5.41) is 0.725. The summed E-state index contributed by atoms with van der Waals surface area (Å²) in [6.45, 7) is 1.77.